The Labute approximate surface area is 184 Å². The summed E-state index contributed by atoms with van der Waals surface area (Å²) in [5, 5.41) is 30.2. The van der Waals surface area contributed by atoms with Crippen molar-refractivity contribution in [2.24, 2.45) is 5.73 Å². The summed E-state index contributed by atoms with van der Waals surface area (Å²) in [6.45, 7) is 2.26. The van der Waals surface area contributed by atoms with Crippen LogP contribution in [0, 0.1) is 23.5 Å². The van der Waals surface area contributed by atoms with Crippen LogP contribution < -0.4 is 21.3 Å². The van der Waals surface area contributed by atoms with Crippen LogP contribution in [0.5, 0.6) is 5.75 Å². The molecule has 0 aliphatic carbocycles. The van der Waals surface area contributed by atoms with Crippen LogP contribution in [0.25, 0.3) is 0 Å². The Morgan fingerprint density at radius 2 is 1.97 bits per heavy atom. The SMILES string of the molecule is Cc1cc2c(c(=O)n1CCc1ccccc1)C(c1cccc(N([O-])O)c1)C(C#N)=C(N)O2. The van der Waals surface area contributed by atoms with Crippen LogP contribution in [0.2, 0.25) is 0 Å². The summed E-state index contributed by atoms with van der Waals surface area (Å²) in [6.07, 6.45) is 0.653. The van der Waals surface area contributed by atoms with Crippen molar-refractivity contribution in [2.75, 3.05) is 5.23 Å². The van der Waals surface area contributed by atoms with Gasteiger partial charge in [-0.3, -0.25) is 10.0 Å². The molecule has 0 bridgehead atoms. The highest BCUT2D eigenvalue weighted by Gasteiger charge is 2.34. The Morgan fingerprint density at radius 3 is 2.66 bits per heavy atom. The molecular formula is C24H21N4O4-. The van der Waals surface area contributed by atoms with Crippen LogP contribution in [0.15, 0.2) is 76.9 Å². The molecule has 0 saturated carbocycles. The van der Waals surface area contributed by atoms with Crippen molar-refractivity contribution < 1.29 is 9.94 Å². The Kier molecular flexibility index (Phi) is 5.69. The molecule has 1 aromatic heterocycles. The Hall–Kier alpha value is -4.06. The number of fused-ring (bicyclic) bond motifs is 1. The van der Waals surface area contributed by atoms with Crippen molar-refractivity contribution in [1.82, 2.24) is 4.57 Å². The van der Waals surface area contributed by atoms with E-state index in [2.05, 4.69) is 0 Å². The van der Waals surface area contributed by atoms with Gasteiger partial charge in [0.2, 0.25) is 5.88 Å². The molecule has 4 rings (SSSR count). The van der Waals surface area contributed by atoms with Gasteiger partial charge in [0.1, 0.15) is 17.4 Å². The molecule has 0 radical (unpaired) electrons. The number of pyridine rings is 1. The molecular weight excluding hydrogens is 408 g/mol. The van der Waals surface area contributed by atoms with Crippen molar-refractivity contribution in [2.45, 2.75) is 25.8 Å². The number of aromatic nitrogens is 1. The number of rotatable bonds is 5. The third-order valence-electron chi connectivity index (χ3n) is 5.58. The Bertz CT molecular complexity index is 1290. The number of allylic oxidation sites excluding steroid dienone is 1. The second kappa shape index (κ2) is 8.59. The summed E-state index contributed by atoms with van der Waals surface area (Å²) < 4.78 is 7.29. The molecule has 0 fully saturated rings. The quantitative estimate of drug-likeness (QED) is 0.596. The average molecular weight is 429 g/mol. The molecule has 32 heavy (non-hydrogen) atoms. The van der Waals surface area contributed by atoms with Gasteiger partial charge in [-0.2, -0.15) is 5.26 Å². The topological polar surface area (TPSA) is 128 Å². The first kappa shape index (κ1) is 21.2. The highest BCUT2D eigenvalue weighted by molar-refractivity contribution is 5.58. The first-order chi connectivity index (χ1) is 15.4. The van der Waals surface area contributed by atoms with Crippen LogP contribution in [-0.2, 0) is 13.0 Å². The second-order valence-electron chi connectivity index (χ2n) is 7.55. The van der Waals surface area contributed by atoms with Gasteiger partial charge in [0, 0.05) is 18.3 Å². The molecule has 3 aromatic rings. The van der Waals surface area contributed by atoms with E-state index in [9.17, 15) is 20.5 Å². The zero-order chi connectivity index (χ0) is 22.8. The minimum atomic E-state index is -0.834. The van der Waals surface area contributed by atoms with Crippen LogP contribution in [0.3, 0.4) is 0 Å². The predicted molar refractivity (Wildman–Crippen MR) is 119 cm³/mol. The number of aryl methyl sites for hydroxylation is 2. The van der Waals surface area contributed by atoms with E-state index in [1.807, 2.05) is 43.3 Å². The summed E-state index contributed by atoms with van der Waals surface area (Å²) in [7, 11) is 0. The summed E-state index contributed by atoms with van der Waals surface area (Å²) in [5.74, 6) is -0.655. The smallest absolute Gasteiger partial charge is 0.258 e. The van der Waals surface area contributed by atoms with E-state index in [0.29, 0.717) is 24.2 Å². The van der Waals surface area contributed by atoms with E-state index in [4.69, 9.17) is 10.5 Å². The van der Waals surface area contributed by atoms with Gasteiger partial charge in [-0.25, -0.2) is 0 Å². The summed E-state index contributed by atoms with van der Waals surface area (Å²) in [4.78, 5) is 13.6. The van der Waals surface area contributed by atoms with Gasteiger partial charge >= 0.3 is 0 Å². The summed E-state index contributed by atoms with van der Waals surface area (Å²) in [6, 6.07) is 19.7. The first-order valence-corrected chi connectivity index (χ1v) is 10.0. The Balaban J connectivity index is 1.85. The molecule has 8 heteroatoms. The third kappa shape index (κ3) is 3.83. The number of hydrogen-bond acceptors (Lipinski definition) is 7. The predicted octanol–water partition coefficient (Wildman–Crippen LogP) is 3.31. The molecule has 3 N–H and O–H groups in total. The number of benzene rings is 2. The van der Waals surface area contributed by atoms with E-state index in [0.717, 1.165) is 5.56 Å². The third-order valence-corrected chi connectivity index (χ3v) is 5.58. The van der Waals surface area contributed by atoms with E-state index < -0.39 is 5.92 Å². The lowest BCUT2D eigenvalue weighted by Gasteiger charge is -2.28. The molecule has 2 aromatic carbocycles. The summed E-state index contributed by atoms with van der Waals surface area (Å²) >= 11 is 0. The number of nitrogens with zero attached hydrogens (tertiary/aromatic N) is 3. The van der Waals surface area contributed by atoms with Gasteiger partial charge in [0.15, 0.2) is 0 Å². The molecule has 0 spiro atoms. The van der Waals surface area contributed by atoms with Crippen molar-refractivity contribution >= 4 is 5.69 Å². The monoisotopic (exact) mass is 429 g/mol. The molecule has 0 saturated heterocycles. The fraction of sp³-hybridized carbons (Fsp3) is 0.167. The van der Waals surface area contributed by atoms with Crippen molar-refractivity contribution in [3.05, 3.63) is 110 Å². The maximum Gasteiger partial charge on any atom is 0.258 e. The lowest BCUT2D eigenvalue weighted by molar-refractivity contribution is 0.296. The normalized spacial score (nSPS) is 15.0. The van der Waals surface area contributed by atoms with Gasteiger partial charge in [-0.15, -0.1) is 0 Å². The second-order valence-corrected chi connectivity index (χ2v) is 7.55. The van der Waals surface area contributed by atoms with Crippen LogP contribution >= 0.6 is 0 Å². The van der Waals surface area contributed by atoms with Gasteiger partial charge < -0.3 is 25.5 Å². The maximum absolute atomic E-state index is 13.6. The van der Waals surface area contributed by atoms with Gasteiger partial charge in [-0.05, 0) is 36.6 Å². The van der Waals surface area contributed by atoms with Gasteiger partial charge in [0.25, 0.3) is 5.56 Å². The maximum atomic E-state index is 13.6. The number of ether oxygens (including phenoxy) is 1. The number of nitriles is 1. The fourth-order valence-corrected chi connectivity index (χ4v) is 4.01. The number of anilines is 1. The van der Waals surface area contributed by atoms with E-state index in [1.54, 1.807) is 22.8 Å². The highest BCUT2D eigenvalue weighted by atomic mass is 16.8. The molecule has 1 atom stereocenters. The van der Waals surface area contributed by atoms with Crippen LogP contribution in [-0.4, -0.2) is 9.77 Å². The van der Waals surface area contributed by atoms with Gasteiger partial charge in [0.05, 0.1) is 17.2 Å². The molecule has 1 aliphatic heterocycles. The number of hydrogen-bond donors (Lipinski definition) is 2. The molecule has 1 aliphatic rings. The lowest BCUT2D eigenvalue weighted by Crippen LogP contribution is -2.33. The molecule has 8 nitrogen and oxygen atoms in total. The van der Waals surface area contributed by atoms with E-state index in [-0.39, 0.29) is 39.2 Å². The minimum Gasteiger partial charge on any atom is -0.733 e. The lowest BCUT2D eigenvalue weighted by atomic mass is 9.84. The summed E-state index contributed by atoms with van der Waals surface area (Å²) in [5.41, 5.74) is 8.29. The van der Waals surface area contributed by atoms with Crippen molar-refractivity contribution in [1.29, 1.82) is 5.26 Å². The molecule has 162 valence electrons. The Morgan fingerprint density at radius 1 is 1.22 bits per heavy atom. The average Bonchev–Trinajstić information content (AvgIpc) is 2.78. The van der Waals surface area contributed by atoms with E-state index in [1.165, 1.54) is 12.1 Å². The zero-order valence-electron chi connectivity index (χ0n) is 17.4. The fourth-order valence-electron chi connectivity index (χ4n) is 4.01. The molecule has 2 heterocycles. The van der Waals surface area contributed by atoms with Crippen molar-refractivity contribution in [3.8, 4) is 11.8 Å². The number of nitrogens with two attached hydrogens (primary N) is 1. The van der Waals surface area contributed by atoms with E-state index >= 15 is 0 Å². The van der Waals surface area contributed by atoms with Crippen LogP contribution in [0.1, 0.15) is 28.3 Å². The molecule has 1 unspecified atom stereocenters. The largest absolute Gasteiger partial charge is 0.733 e. The molecule has 0 amide bonds. The zero-order valence-corrected chi connectivity index (χ0v) is 17.4. The van der Waals surface area contributed by atoms with Crippen molar-refractivity contribution in [3.63, 3.8) is 0 Å². The minimum absolute atomic E-state index is 0.0251. The first-order valence-electron chi connectivity index (χ1n) is 10.0. The highest BCUT2D eigenvalue weighted by Crippen LogP contribution is 2.41. The van der Waals surface area contributed by atoms with Crippen LogP contribution in [0.4, 0.5) is 5.69 Å². The van der Waals surface area contributed by atoms with Gasteiger partial charge in [-0.1, -0.05) is 42.5 Å². The standard InChI is InChI=1S/C24H21N4O4/c1-15-12-20-22(24(29)27(15)11-10-16-6-3-2-4-7-16)21(19(14-25)23(26)32-20)17-8-5-9-18(13-17)28(30)31/h2-9,12-13,21,30H,10-11,26H2,1H3/q-1.